The first-order valence-corrected chi connectivity index (χ1v) is 5.34. The quantitative estimate of drug-likeness (QED) is 0.844. The molecule has 1 aromatic heterocycles. The van der Waals surface area contributed by atoms with Crippen LogP contribution in [0.15, 0.2) is 33.3 Å². The number of aromatic nitrogens is 1. The van der Waals surface area contributed by atoms with Crippen molar-refractivity contribution in [2.75, 3.05) is 7.11 Å². The van der Waals surface area contributed by atoms with Gasteiger partial charge in [-0.1, -0.05) is 21.1 Å². The maximum Gasteiger partial charge on any atom is 0.226 e. The van der Waals surface area contributed by atoms with Crippen molar-refractivity contribution in [2.24, 2.45) is 0 Å². The molecule has 5 heteroatoms. The topological polar surface area (TPSA) is 35.3 Å². The van der Waals surface area contributed by atoms with Crippen LogP contribution in [0.5, 0.6) is 5.75 Å². The van der Waals surface area contributed by atoms with Gasteiger partial charge in [-0.2, -0.15) is 0 Å². The van der Waals surface area contributed by atoms with Gasteiger partial charge in [0.2, 0.25) is 5.22 Å². The molecule has 0 bridgehead atoms. The Hall–Kier alpha value is -1.00. The molecule has 0 fully saturated rings. The van der Waals surface area contributed by atoms with Crippen LogP contribution in [0, 0.1) is 0 Å². The van der Waals surface area contributed by atoms with E-state index in [9.17, 15) is 0 Å². The average Bonchev–Trinajstić information content (AvgIpc) is 2.65. The molecule has 0 aliphatic carbocycles. The van der Waals surface area contributed by atoms with Crippen LogP contribution in [-0.4, -0.2) is 12.3 Å². The first kappa shape index (κ1) is 10.5. The van der Waals surface area contributed by atoms with Gasteiger partial charge in [0, 0.05) is 16.1 Å². The Morgan fingerprint density at radius 2 is 2.20 bits per heavy atom. The first-order valence-electron chi connectivity index (χ1n) is 4.17. The third kappa shape index (κ3) is 2.16. The molecule has 3 nitrogen and oxygen atoms in total. The summed E-state index contributed by atoms with van der Waals surface area (Å²) < 4.78 is 11.0. The lowest BCUT2D eigenvalue weighted by Gasteiger charge is -2.05. The lowest BCUT2D eigenvalue weighted by Crippen LogP contribution is -1.87. The van der Waals surface area contributed by atoms with Crippen LogP contribution in [0.3, 0.4) is 0 Å². The molecule has 78 valence electrons. The Morgan fingerprint density at radius 1 is 1.40 bits per heavy atom. The number of rotatable bonds is 2. The molecule has 1 heterocycles. The summed E-state index contributed by atoms with van der Waals surface area (Å²) in [6, 6.07) is 7.28. The van der Waals surface area contributed by atoms with Gasteiger partial charge in [-0.25, -0.2) is 0 Å². The summed E-state index contributed by atoms with van der Waals surface area (Å²) in [6.45, 7) is 0. The van der Waals surface area contributed by atoms with Crippen LogP contribution in [0.2, 0.25) is 5.22 Å². The molecule has 2 aromatic rings. The number of nitrogens with zero attached hydrogens (tertiary/aromatic N) is 1. The van der Waals surface area contributed by atoms with Gasteiger partial charge in [0.05, 0.1) is 7.11 Å². The van der Waals surface area contributed by atoms with E-state index in [1.165, 1.54) is 0 Å². The van der Waals surface area contributed by atoms with Gasteiger partial charge in [-0.05, 0) is 29.8 Å². The molecule has 0 N–H and O–H groups in total. The molecule has 0 aliphatic heterocycles. The van der Waals surface area contributed by atoms with Crippen molar-refractivity contribution in [3.8, 4) is 17.0 Å². The second-order valence-corrected chi connectivity index (χ2v) is 4.15. The first-order chi connectivity index (χ1) is 7.20. The summed E-state index contributed by atoms with van der Waals surface area (Å²) >= 11 is 9.05. The molecular weight excluding hydrogens is 281 g/mol. The third-order valence-electron chi connectivity index (χ3n) is 1.92. The zero-order valence-corrected chi connectivity index (χ0v) is 10.2. The molecule has 0 saturated heterocycles. The van der Waals surface area contributed by atoms with E-state index in [0.29, 0.717) is 5.69 Å². The molecule has 0 amide bonds. The summed E-state index contributed by atoms with van der Waals surface area (Å²) in [7, 11) is 1.61. The van der Waals surface area contributed by atoms with Gasteiger partial charge in [-0.3, -0.25) is 0 Å². The highest BCUT2D eigenvalue weighted by Gasteiger charge is 2.10. The largest absolute Gasteiger partial charge is 0.496 e. The molecule has 2 rings (SSSR count). The normalized spacial score (nSPS) is 10.3. The second kappa shape index (κ2) is 4.24. The monoisotopic (exact) mass is 287 g/mol. The van der Waals surface area contributed by atoms with Crippen LogP contribution in [0.1, 0.15) is 0 Å². The number of benzene rings is 1. The minimum atomic E-state index is 0.257. The molecule has 0 saturated carbocycles. The standard InChI is InChI=1S/C10H7BrClNO2/c1-14-9-3-2-6(11)4-7(9)8-5-10(12)15-13-8/h2-5H,1H3. The maximum atomic E-state index is 5.66. The predicted octanol–water partition coefficient (Wildman–Crippen LogP) is 3.77. The fourth-order valence-corrected chi connectivity index (χ4v) is 1.76. The molecule has 0 radical (unpaired) electrons. The summed E-state index contributed by atoms with van der Waals surface area (Å²) in [5, 5.41) is 4.08. The van der Waals surface area contributed by atoms with Crippen LogP contribution in [-0.2, 0) is 0 Å². The SMILES string of the molecule is COc1ccc(Br)cc1-c1cc(Cl)on1. The van der Waals surface area contributed by atoms with E-state index >= 15 is 0 Å². The molecule has 0 unspecified atom stereocenters. The molecular formula is C10H7BrClNO2. The van der Waals surface area contributed by atoms with Crippen LogP contribution < -0.4 is 4.74 Å². The van der Waals surface area contributed by atoms with Gasteiger partial charge < -0.3 is 9.26 Å². The fourth-order valence-electron chi connectivity index (χ4n) is 1.26. The second-order valence-electron chi connectivity index (χ2n) is 2.86. The van der Waals surface area contributed by atoms with E-state index in [2.05, 4.69) is 21.1 Å². The zero-order valence-electron chi connectivity index (χ0n) is 7.83. The van der Waals surface area contributed by atoms with Crippen molar-refractivity contribution >= 4 is 27.5 Å². The average molecular weight is 289 g/mol. The highest BCUT2D eigenvalue weighted by atomic mass is 79.9. The summed E-state index contributed by atoms with van der Waals surface area (Å²) in [5.74, 6) is 0.725. The third-order valence-corrected chi connectivity index (χ3v) is 2.59. The Kier molecular flexibility index (Phi) is 2.98. The summed E-state index contributed by atoms with van der Waals surface area (Å²) in [6.07, 6.45) is 0. The van der Waals surface area contributed by atoms with Crippen molar-refractivity contribution in [1.82, 2.24) is 5.16 Å². The van der Waals surface area contributed by atoms with Crippen molar-refractivity contribution < 1.29 is 9.26 Å². The lowest BCUT2D eigenvalue weighted by molar-refractivity contribution is 0.411. The van der Waals surface area contributed by atoms with Crippen LogP contribution in [0.25, 0.3) is 11.3 Å². The Balaban J connectivity index is 2.55. The van der Waals surface area contributed by atoms with E-state index in [-0.39, 0.29) is 5.22 Å². The predicted molar refractivity (Wildman–Crippen MR) is 61.2 cm³/mol. The van der Waals surface area contributed by atoms with Gasteiger partial charge in [0.1, 0.15) is 11.4 Å². The Labute approximate surface area is 100 Å². The number of methoxy groups -OCH3 is 1. The van der Waals surface area contributed by atoms with Crippen molar-refractivity contribution in [1.29, 1.82) is 0 Å². The fraction of sp³-hybridized carbons (Fsp3) is 0.100. The molecule has 0 atom stereocenters. The maximum absolute atomic E-state index is 5.66. The number of hydrogen-bond acceptors (Lipinski definition) is 3. The van der Waals surface area contributed by atoms with Gasteiger partial charge in [-0.15, -0.1) is 0 Å². The molecule has 15 heavy (non-hydrogen) atoms. The van der Waals surface area contributed by atoms with Crippen LogP contribution >= 0.6 is 27.5 Å². The van der Waals surface area contributed by atoms with Gasteiger partial charge in [0.25, 0.3) is 0 Å². The van der Waals surface area contributed by atoms with Gasteiger partial charge >= 0.3 is 0 Å². The zero-order chi connectivity index (χ0) is 10.8. The molecule has 0 spiro atoms. The van der Waals surface area contributed by atoms with Crippen molar-refractivity contribution in [2.45, 2.75) is 0 Å². The number of hydrogen-bond donors (Lipinski definition) is 0. The van der Waals surface area contributed by atoms with Crippen LogP contribution in [0.4, 0.5) is 0 Å². The number of ether oxygens (including phenoxy) is 1. The Bertz CT molecular complexity index is 484. The smallest absolute Gasteiger partial charge is 0.226 e. The van der Waals surface area contributed by atoms with Gasteiger partial charge in [0.15, 0.2) is 0 Å². The minimum absolute atomic E-state index is 0.257. The van der Waals surface area contributed by atoms with E-state index in [1.807, 2.05) is 18.2 Å². The molecule has 1 aromatic carbocycles. The minimum Gasteiger partial charge on any atom is -0.496 e. The highest BCUT2D eigenvalue weighted by Crippen LogP contribution is 2.32. The lowest BCUT2D eigenvalue weighted by atomic mass is 10.1. The Morgan fingerprint density at radius 3 is 2.80 bits per heavy atom. The van der Waals surface area contributed by atoms with E-state index < -0.39 is 0 Å². The summed E-state index contributed by atoms with van der Waals surface area (Å²) in [5.41, 5.74) is 1.49. The van der Waals surface area contributed by atoms with Crippen molar-refractivity contribution in [3.63, 3.8) is 0 Å². The molecule has 0 aliphatic rings. The summed E-state index contributed by atoms with van der Waals surface area (Å²) in [4.78, 5) is 0. The van der Waals surface area contributed by atoms with Crippen molar-refractivity contribution in [3.05, 3.63) is 34.0 Å². The van der Waals surface area contributed by atoms with E-state index in [0.717, 1.165) is 15.8 Å². The number of halogens is 2. The highest BCUT2D eigenvalue weighted by molar-refractivity contribution is 9.10. The van der Waals surface area contributed by atoms with E-state index in [1.54, 1.807) is 13.2 Å². The van der Waals surface area contributed by atoms with E-state index in [4.69, 9.17) is 20.9 Å².